The lowest BCUT2D eigenvalue weighted by Gasteiger charge is -2.05. The molecule has 0 unspecified atom stereocenters. The van der Waals surface area contributed by atoms with Gasteiger partial charge in [0.2, 0.25) is 10.0 Å². The largest absolute Gasteiger partial charge is 0.392 e. The molecule has 0 amide bonds. The highest BCUT2D eigenvalue weighted by molar-refractivity contribution is 7.89. The Labute approximate surface area is 91.3 Å². The number of aliphatic hydroxyl groups excluding tert-OH is 1. The summed E-state index contributed by atoms with van der Waals surface area (Å²) in [4.78, 5) is -0.249. The van der Waals surface area contributed by atoms with Gasteiger partial charge in [-0.1, -0.05) is 23.2 Å². The Hall–Kier alpha value is -0.330. The first-order chi connectivity index (χ1) is 6.36. The Morgan fingerprint density at radius 1 is 1.29 bits per heavy atom. The second-order valence-electron chi connectivity index (χ2n) is 2.58. The standard InChI is InChI=1S/C7H7Cl2NO3S/c8-5-2-7(14(10,12)13)6(9)1-4(5)3-11/h1-2,11H,3H2,(H2,10,12,13). The molecule has 0 aliphatic heterocycles. The average Bonchev–Trinajstić information content (AvgIpc) is 2.06. The molecule has 0 saturated carbocycles. The van der Waals surface area contributed by atoms with E-state index in [-0.39, 0.29) is 21.5 Å². The summed E-state index contributed by atoms with van der Waals surface area (Å²) in [5.41, 5.74) is 0.351. The molecule has 1 aromatic rings. The van der Waals surface area contributed by atoms with Gasteiger partial charge in [-0.2, -0.15) is 0 Å². The van der Waals surface area contributed by atoms with E-state index in [2.05, 4.69) is 0 Å². The fourth-order valence-corrected chi connectivity index (χ4v) is 2.32. The molecular weight excluding hydrogens is 249 g/mol. The number of nitrogens with two attached hydrogens (primary N) is 1. The third-order valence-corrected chi connectivity index (χ3v) is 3.31. The molecule has 78 valence electrons. The van der Waals surface area contributed by atoms with Crippen molar-refractivity contribution >= 4 is 33.2 Å². The number of sulfonamides is 1. The highest BCUT2D eigenvalue weighted by atomic mass is 35.5. The van der Waals surface area contributed by atoms with Crippen LogP contribution in [0.5, 0.6) is 0 Å². The van der Waals surface area contributed by atoms with Crippen LogP contribution in [0.4, 0.5) is 0 Å². The van der Waals surface area contributed by atoms with Crippen molar-refractivity contribution in [2.24, 2.45) is 5.14 Å². The third kappa shape index (κ3) is 2.37. The summed E-state index contributed by atoms with van der Waals surface area (Å²) in [7, 11) is -3.88. The number of halogens is 2. The van der Waals surface area contributed by atoms with E-state index in [1.807, 2.05) is 0 Å². The van der Waals surface area contributed by atoms with Gasteiger partial charge >= 0.3 is 0 Å². The molecule has 0 bridgehead atoms. The number of primary sulfonamides is 1. The second-order valence-corrected chi connectivity index (χ2v) is 4.92. The van der Waals surface area contributed by atoms with Crippen molar-refractivity contribution in [2.75, 3.05) is 0 Å². The van der Waals surface area contributed by atoms with Gasteiger partial charge < -0.3 is 5.11 Å². The van der Waals surface area contributed by atoms with E-state index in [1.165, 1.54) is 6.07 Å². The van der Waals surface area contributed by atoms with Crippen LogP contribution in [-0.2, 0) is 16.6 Å². The second kappa shape index (κ2) is 4.04. The van der Waals surface area contributed by atoms with Gasteiger partial charge in [0.05, 0.1) is 11.6 Å². The van der Waals surface area contributed by atoms with E-state index in [4.69, 9.17) is 33.4 Å². The fraction of sp³-hybridized carbons (Fsp3) is 0.143. The monoisotopic (exact) mass is 255 g/mol. The molecule has 0 saturated heterocycles. The third-order valence-electron chi connectivity index (χ3n) is 1.58. The first kappa shape index (κ1) is 11.7. The predicted molar refractivity (Wildman–Crippen MR) is 53.8 cm³/mol. The average molecular weight is 256 g/mol. The zero-order valence-corrected chi connectivity index (χ0v) is 9.20. The molecule has 0 aliphatic rings. The maximum Gasteiger partial charge on any atom is 0.239 e. The van der Waals surface area contributed by atoms with Crippen LogP contribution in [0.1, 0.15) is 5.56 Å². The van der Waals surface area contributed by atoms with Gasteiger partial charge in [-0.3, -0.25) is 0 Å². The smallest absolute Gasteiger partial charge is 0.239 e. The van der Waals surface area contributed by atoms with Gasteiger partial charge in [-0.05, 0) is 17.7 Å². The minimum Gasteiger partial charge on any atom is -0.392 e. The number of aliphatic hydroxyl groups is 1. The summed E-state index contributed by atoms with van der Waals surface area (Å²) in [6, 6.07) is 2.38. The highest BCUT2D eigenvalue weighted by Crippen LogP contribution is 2.27. The molecule has 0 atom stereocenters. The van der Waals surface area contributed by atoms with Crippen molar-refractivity contribution in [1.29, 1.82) is 0 Å². The predicted octanol–water partition coefficient (Wildman–Crippen LogP) is 1.13. The lowest BCUT2D eigenvalue weighted by molar-refractivity contribution is 0.282. The first-order valence-electron chi connectivity index (χ1n) is 3.48. The van der Waals surface area contributed by atoms with Crippen molar-refractivity contribution in [1.82, 2.24) is 0 Å². The van der Waals surface area contributed by atoms with Gasteiger partial charge in [0, 0.05) is 5.02 Å². The number of rotatable bonds is 2. The topological polar surface area (TPSA) is 80.4 Å². The van der Waals surface area contributed by atoms with Crippen LogP contribution in [0.25, 0.3) is 0 Å². The first-order valence-corrected chi connectivity index (χ1v) is 5.78. The van der Waals surface area contributed by atoms with Crippen molar-refractivity contribution in [3.63, 3.8) is 0 Å². The molecule has 1 aromatic carbocycles. The minimum absolute atomic E-state index is 0.0547. The van der Waals surface area contributed by atoms with Gasteiger partial charge in [-0.15, -0.1) is 0 Å². The zero-order valence-electron chi connectivity index (χ0n) is 6.87. The summed E-state index contributed by atoms with van der Waals surface area (Å²) in [5.74, 6) is 0. The number of hydrogen-bond donors (Lipinski definition) is 2. The van der Waals surface area contributed by atoms with Crippen LogP contribution in [-0.4, -0.2) is 13.5 Å². The van der Waals surface area contributed by atoms with Crippen LogP contribution in [0.15, 0.2) is 17.0 Å². The molecule has 7 heteroatoms. The Kier molecular flexibility index (Phi) is 3.39. The van der Waals surface area contributed by atoms with Gasteiger partial charge in [0.15, 0.2) is 0 Å². The van der Waals surface area contributed by atoms with Gasteiger partial charge in [0.1, 0.15) is 4.90 Å². The minimum atomic E-state index is -3.88. The molecule has 3 N–H and O–H groups in total. The molecule has 1 rings (SSSR count). The van der Waals surface area contributed by atoms with Gasteiger partial charge in [-0.25, -0.2) is 13.6 Å². The molecule has 0 heterocycles. The van der Waals surface area contributed by atoms with Crippen molar-refractivity contribution in [3.8, 4) is 0 Å². The lowest BCUT2D eigenvalue weighted by atomic mass is 10.2. The Balaban J connectivity index is 3.44. The molecule has 0 spiro atoms. The molecule has 0 radical (unpaired) electrons. The highest BCUT2D eigenvalue weighted by Gasteiger charge is 2.15. The van der Waals surface area contributed by atoms with Gasteiger partial charge in [0.25, 0.3) is 0 Å². The molecule has 0 fully saturated rings. The Morgan fingerprint density at radius 2 is 1.86 bits per heavy atom. The lowest BCUT2D eigenvalue weighted by Crippen LogP contribution is -2.13. The fourth-order valence-electron chi connectivity index (χ4n) is 0.909. The molecule has 14 heavy (non-hydrogen) atoms. The summed E-state index contributed by atoms with van der Waals surface area (Å²) in [6.07, 6.45) is 0. The van der Waals surface area contributed by atoms with E-state index in [0.717, 1.165) is 6.07 Å². The van der Waals surface area contributed by atoms with Crippen molar-refractivity contribution < 1.29 is 13.5 Å². The molecule has 0 aromatic heterocycles. The van der Waals surface area contributed by atoms with E-state index >= 15 is 0 Å². The SMILES string of the molecule is NS(=O)(=O)c1cc(Cl)c(CO)cc1Cl. The summed E-state index contributed by atoms with van der Waals surface area (Å²) in [6.45, 7) is -0.316. The number of hydrogen-bond acceptors (Lipinski definition) is 3. The Bertz CT molecular complexity index is 458. The van der Waals surface area contributed by atoms with Crippen LogP contribution in [0, 0.1) is 0 Å². The summed E-state index contributed by atoms with van der Waals surface area (Å²) >= 11 is 11.3. The van der Waals surface area contributed by atoms with E-state index in [1.54, 1.807) is 0 Å². The van der Waals surface area contributed by atoms with Crippen LogP contribution >= 0.6 is 23.2 Å². The summed E-state index contributed by atoms with van der Waals surface area (Å²) in [5, 5.41) is 13.8. The zero-order chi connectivity index (χ0) is 10.9. The van der Waals surface area contributed by atoms with E-state index < -0.39 is 10.0 Å². The maximum atomic E-state index is 11.0. The summed E-state index contributed by atoms with van der Waals surface area (Å²) < 4.78 is 22.0. The van der Waals surface area contributed by atoms with Crippen molar-refractivity contribution in [2.45, 2.75) is 11.5 Å². The Morgan fingerprint density at radius 3 is 2.29 bits per heavy atom. The quantitative estimate of drug-likeness (QED) is 0.832. The molecule has 4 nitrogen and oxygen atoms in total. The van der Waals surface area contributed by atoms with E-state index in [0.29, 0.717) is 5.56 Å². The van der Waals surface area contributed by atoms with Crippen molar-refractivity contribution in [3.05, 3.63) is 27.7 Å². The van der Waals surface area contributed by atoms with E-state index in [9.17, 15) is 8.42 Å². The number of benzene rings is 1. The van der Waals surface area contributed by atoms with Crippen LogP contribution < -0.4 is 5.14 Å². The van der Waals surface area contributed by atoms with Crippen LogP contribution in [0.3, 0.4) is 0 Å². The molecular formula is C7H7Cl2NO3S. The molecule has 0 aliphatic carbocycles. The van der Waals surface area contributed by atoms with Crippen LogP contribution in [0.2, 0.25) is 10.0 Å². The normalized spacial score (nSPS) is 11.7. The maximum absolute atomic E-state index is 11.0.